The largest absolute Gasteiger partial charge is 0.326 e. The molecule has 4 nitrogen and oxygen atoms in total. The van der Waals surface area contributed by atoms with E-state index in [0.717, 1.165) is 12.8 Å². The molecular formula is C21H22ClNO3. The summed E-state index contributed by atoms with van der Waals surface area (Å²) >= 11 is 6.00. The minimum atomic E-state index is -0.149. The Hall–Kier alpha value is -2.46. The summed E-state index contributed by atoms with van der Waals surface area (Å²) in [6.07, 6.45) is 2.53. The third-order valence-electron chi connectivity index (χ3n) is 4.00. The van der Waals surface area contributed by atoms with Gasteiger partial charge in [-0.1, -0.05) is 37.1 Å². The minimum Gasteiger partial charge on any atom is -0.326 e. The Morgan fingerprint density at radius 3 is 2.19 bits per heavy atom. The van der Waals surface area contributed by atoms with E-state index < -0.39 is 0 Å². The molecule has 5 heteroatoms. The molecule has 0 bridgehead atoms. The summed E-state index contributed by atoms with van der Waals surface area (Å²) in [5.74, 6) is -0.297. The fourth-order valence-corrected chi connectivity index (χ4v) is 2.73. The summed E-state index contributed by atoms with van der Waals surface area (Å²) in [7, 11) is 0. The van der Waals surface area contributed by atoms with Crippen LogP contribution < -0.4 is 5.32 Å². The van der Waals surface area contributed by atoms with Crippen molar-refractivity contribution < 1.29 is 14.4 Å². The number of nitrogens with one attached hydrogen (secondary N) is 1. The van der Waals surface area contributed by atoms with Crippen molar-refractivity contribution in [3.05, 3.63) is 64.7 Å². The van der Waals surface area contributed by atoms with E-state index in [1.807, 2.05) is 6.92 Å². The molecule has 0 aliphatic carbocycles. The van der Waals surface area contributed by atoms with E-state index in [2.05, 4.69) is 5.32 Å². The van der Waals surface area contributed by atoms with Crippen LogP contribution in [0.15, 0.2) is 48.5 Å². The van der Waals surface area contributed by atoms with Crippen molar-refractivity contribution in [1.82, 2.24) is 0 Å². The van der Waals surface area contributed by atoms with Gasteiger partial charge in [0, 0.05) is 36.1 Å². The van der Waals surface area contributed by atoms with Crippen molar-refractivity contribution in [1.29, 1.82) is 0 Å². The van der Waals surface area contributed by atoms with Gasteiger partial charge in [-0.05, 0) is 42.8 Å². The van der Waals surface area contributed by atoms with Crippen LogP contribution in [-0.4, -0.2) is 17.5 Å². The number of halogens is 1. The second-order valence-electron chi connectivity index (χ2n) is 6.06. The van der Waals surface area contributed by atoms with Crippen LogP contribution in [0, 0.1) is 0 Å². The molecule has 0 unspecified atom stereocenters. The number of unbranched alkanes of at least 4 members (excludes halogenated alkanes) is 1. The minimum absolute atomic E-state index is 0.0312. The topological polar surface area (TPSA) is 63.2 Å². The van der Waals surface area contributed by atoms with Crippen LogP contribution in [0.25, 0.3) is 0 Å². The summed E-state index contributed by atoms with van der Waals surface area (Å²) in [6, 6.07) is 13.5. The highest BCUT2D eigenvalue weighted by Gasteiger charge is 2.13. The first-order valence-corrected chi connectivity index (χ1v) is 9.10. The molecule has 2 aromatic rings. The highest BCUT2D eigenvalue weighted by molar-refractivity contribution is 6.34. The summed E-state index contributed by atoms with van der Waals surface area (Å²) in [5.41, 5.74) is 1.62. The molecule has 136 valence electrons. The van der Waals surface area contributed by atoms with Gasteiger partial charge in [0.05, 0.1) is 5.02 Å². The fraction of sp³-hybridized carbons (Fsp3) is 0.286. The van der Waals surface area contributed by atoms with Gasteiger partial charge in [-0.2, -0.15) is 0 Å². The zero-order chi connectivity index (χ0) is 18.9. The molecule has 1 amide bonds. The summed E-state index contributed by atoms with van der Waals surface area (Å²) < 4.78 is 0. The Morgan fingerprint density at radius 1 is 0.885 bits per heavy atom. The van der Waals surface area contributed by atoms with E-state index in [9.17, 15) is 14.4 Å². The van der Waals surface area contributed by atoms with E-state index in [4.69, 9.17) is 11.6 Å². The maximum Gasteiger partial charge on any atom is 0.224 e. The highest BCUT2D eigenvalue weighted by Crippen LogP contribution is 2.18. The van der Waals surface area contributed by atoms with Crippen molar-refractivity contribution in [3.63, 3.8) is 0 Å². The second-order valence-corrected chi connectivity index (χ2v) is 6.46. The van der Waals surface area contributed by atoms with E-state index in [1.165, 1.54) is 0 Å². The zero-order valence-electron chi connectivity index (χ0n) is 14.8. The molecule has 0 aromatic heterocycles. The van der Waals surface area contributed by atoms with Crippen molar-refractivity contribution in [2.24, 2.45) is 0 Å². The van der Waals surface area contributed by atoms with Crippen molar-refractivity contribution in [2.75, 3.05) is 5.32 Å². The molecular weight excluding hydrogens is 350 g/mol. The number of hydrogen-bond acceptors (Lipinski definition) is 3. The maximum absolute atomic E-state index is 12.3. The number of amides is 1. The number of anilines is 1. The number of carbonyl (C=O) groups is 3. The fourth-order valence-electron chi connectivity index (χ4n) is 2.49. The third-order valence-corrected chi connectivity index (χ3v) is 4.33. The van der Waals surface area contributed by atoms with Gasteiger partial charge in [-0.3, -0.25) is 14.4 Å². The molecule has 0 radical (unpaired) electrons. The molecule has 0 atom stereocenters. The number of Topliss-reactive ketones (excluding diaryl/α,β-unsaturated/α-hetero) is 2. The van der Waals surface area contributed by atoms with E-state index in [-0.39, 0.29) is 30.3 Å². The summed E-state index contributed by atoms with van der Waals surface area (Å²) in [5, 5.41) is 3.20. The first-order chi connectivity index (χ1) is 12.5. The van der Waals surface area contributed by atoms with Gasteiger partial charge in [0.2, 0.25) is 5.91 Å². The van der Waals surface area contributed by atoms with Crippen LogP contribution in [0.3, 0.4) is 0 Å². The van der Waals surface area contributed by atoms with Crippen LogP contribution in [-0.2, 0) is 4.79 Å². The predicted octanol–water partition coefficient (Wildman–Crippen LogP) is 5.31. The quantitative estimate of drug-likeness (QED) is 0.607. The Balaban J connectivity index is 1.89. The van der Waals surface area contributed by atoms with Crippen LogP contribution in [0.5, 0.6) is 0 Å². The van der Waals surface area contributed by atoms with Crippen LogP contribution in [0.4, 0.5) is 5.69 Å². The van der Waals surface area contributed by atoms with Crippen LogP contribution in [0.1, 0.15) is 59.7 Å². The van der Waals surface area contributed by atoms with Crippen molar-refractivity contribution >= 4 is 34.8 Å². The number of rotatable bonds is 9. The number of hydrogen-bond donors (Lipinski definition) is 1. The Bertz CT molecular complexity index is 784. The normalized spacial score (nSPS) is 10.4. The lowest BCUT2D eigenvalue weighted by Gasteiger charge is -2.06. The van der Waals surface area contributed by atoms with Gasteiger partial charge in [0.15, 0.2) is 11.6 Å². The molecule has 0 aliphatic heterocycles. The van der Waals surface area contributed by atoms with Gasteiger partial charge in [0.25, 0.3) is 0 Å². The molecule has 0 saturated heterocycles. The van der Waals surface area contributed by atoms with Gasteiger partial charge in [0.1, 0.15) is 0 Å². The van der Waals surface area contributed by atoms with Gasteiger partial charge >= 0.3 is 0 Å². The molecule has 0 saturated carbocycles. The molecule has 2 rings (SSSR count). The number of benzene rings is 2. The molecule has 26 heavy (non-hydrogen) atoms. The zero-order valence-corrected chi connectivity index (χ0v) is 15.5. The predicted molar refractivity (Wildman–Crippen MR) is 104 cm³/mol. The van der Waals surface area contributed by atoms with E-state index >= 15 is 0 Å². The third kappa shape index (κ3) is 5.81. The number of ketones is 2. The highest BCUT2D eigenvalue weighted by atomic mass is 35.5. The lowest BCUT2D eigenvalue weighted by molar-refractivity contribution is -0.116. The van der Waals surface area contributed by atoms with Gasteiger partial charge < -0.3 is 5.32 Å². The lowest BCUT2D eigenvalue weighted by Crippen LogP contribution is -2.11. The maximum atomic E-state index is 12.3. The summed E-state index contributed by atoms with van der Waals surface area (Å²) in [6.45, 7) is 2.03. The molecule has 0 spiro atoms. The van der Waals surface area contributed by atoms with E-state index in [1.54, 1.807) is 48.5 Å². The van der Waals surface area contributed by atoms with Gasteiger partial charge in [-0.15, -0.1) is 0 Å². The second kappa shape index (κ2) is 9.88. The Labute approximate surface area is 158 Å². The first-order valence-electron chi connectivity index (χ1n) is 8.72. The molecule has 1 N–H and O–H groups in total. The SMILES string of the molecule is CCCCC(=O)Nc1ccc(C(=O)CCC(=O)c2ccccc2Cl)cc1. The van der Waals surface area contributed by atoms with Crippen LogP contribution >= 0.6 is 11.6 Å². The van der Waals surface area contributed by atoms with Gasteiger partial charge in [-0.25, -0.2) is 0 Å². The Morgan fingerprint density at radius 2 is 1.54 bits per heavy atom. The summed E-state index contributed by atoms with van der Waals surface area (Å²) in [4.78, 5) is 36.1. The Kier molecular flexibility index (Phi) is 7.54. The number of carbonyl (C=O) groups excluding carboxylic acids is 3. The standard InChI is InChI=1S/C21H22ClNO3/c1-2-3-8-21(26)23-16-11-9-15(10-12-16)19(24)13-14-20(25)17-6-4-5-7-18(17)22/h4-7,9-12H,2-3,8,13-14H2,1H3,(H,23,26). The average molecular weight is 372 g/mol. The average Bonchev–Trinajstić information content (AvgIpc) is 2.65. The van der Waals surface area contributed by atoms with Crippen molar-refractivity contribution in [3.8, 4) is 0 Å². The first kappa shape index (κ1) is 19.9. The molecule has 2 aromatic carbocycles. The molecule has 0 heterocycles. The molecule has 0 fully saturated rings. The smallest absolute Gasteiger partial charge is 0.224 e. The van der Waals surface area contributed by atoms with E-state index in [0.29, 0.717) is 28.3 Å². The molecule has 0 aliphatic rings. The monoisotopic (exact) mass is 371 g/mol. The lowest BCUT2D eigenvalue weighted by atomic mass is 10.0. The van der Waals surface area contributed by atoms with Crippen LogP contribution in [0.2, 0.25) is 5.02 Å². The van der Waals surface area contributed by atoms with Crippen molar-refractivity contribution in [2.45, 2.75) is 39.0 Å².